The zero-order chi connectivity index (χ0) is 10.1. The van der Waals surface area contributed by atoms with Crippen molar-refractivity contribution in [3.63, 3.8) is 0 Å². The summed E-state index contributed by atoms with van der Waals surface area (Å²) in [6.07, 6.45) is 0. The molecule has 0 saturated carbocycles. The predicted octanol–water partition coefficient (Wildman–Crippen LogP) is 2.71. The Morgan fingerprint density at radius 2 is 2.36 bits per heavy atom. The summed E-state index contributed by atoms with van der Waals surface area (Å²) in [5, 5.41) is 0. The molecule has 0 bridgehead atoms. The standard InChI is InChI=1S/C9H8BrN3S/c1-5(14-11)9-12-7-4-2-3-6(10)8(7)13-9/h2-4,11H,1H3,(H,12,13). The quantitative estimate of drug-likeness (QED) is 0.607. The number of para-hydroxylation sites is 1. The number of halogens is 1. The Morgan fingerprint density at radius 1 is 1.57 bits per heavy atom. The first-order valence-electron chi connectivity index (χ1n) is 4.04. The Kier molecular flexibility index (Phi) is 2.52. The van der Waals surface area contributed by atoms with Gasteiger partial charge < -0.3 is 4.98 Å². The molecule has 72 valence electrons. The average Bonchev–Trinajstić information content (AvgIpc) is 2.62. The minimum absolute atomic E-state index is 0.770. The van der Waals surface area contributed by atoms with Crippen molar-refractivity contribution in [2.24, 2.45) is 0 Å². The van der Waals surface area contributed by atoms with E-state index in [9.17, 15) is 0 Å². The number of nitrogens with zero attached hydrogens (tertiary/aromatic N) is 1. The molecule has 0 amide bonds. The third-order valence-corrected chi connectivity index (χ3v) is 3.09. The molecule has 0 fully saturated rings. The van der Waals surface area contributed by atoms with Crippen molar-refractivity contribution >= 4 is 43.0 Å². The largest absolute Gasteiger partial charge is 0.337 e. The van der Waals surface area contributed by atoms with Crippen LogP contribution in [0.25, 0.3) is 11.0 Å². The zero-order valence-electron chi connectivity index (χ0n) is 7.47. The van der Waals surface area contributed by atoms with Crippen LogP contribution in [-0.2, 0) is 11.1 Å². The highest BCUT2D eigenvalue weighted by molar-refractivity contribution is 9.10. The monoisotopic (exact) mass is 269 g/mol. The van der Waals surface area contributed by atoms with Crippen LogP contribution in [0.4, 0.5) is 0 Å². The Morgan fingerprint density at radius 3 is 3.00 bits per heavy atom. The molecule has 0 saturated heterocycles. The SMILES string of the molecule is CC(=S=N)c1nc2c(Br)cccc2[nH]1. The van der Waals surface area contributed by atoms with E-state index >= 15 is 0 Å². The highest BCUT2D eigenvalue weighted by Gasteiger charge is 2.06. The molecule has 1 aromatic carbocycles. The van der Waals surface area contributed by atoms with Crippen molar-refractivity contribution in [3.05, 3.63) is 28.5 Å². The maximum Gasteiger partial charge on any atom is 0.145 e. The molecular weight excluding hydrogens is 262 g/mol. The van der Waals surface area contributed by atoms with Gasteiger partial charge in [0, 0.05) is 4.47 Å². The Labute approximate surface area is 93.2 Å². The van der Waals surface area contributed by atoms with Crippen LogP contribution >= 0.6 is 15.9 Å². The minimum atomic E-state index is 0.770. The molecule has 2 aromatic rings. The zero-order valence-corrected chi connectivity index (χ0v) is 9.87. The highest BCUT2D eigenvalue weighted by Crippen LogP contribution is 2.21. The van der Waals surface area contributed by atoms with Crippen LogP contribution in [0.5, 0.6) is 0 Å². The number of hydrogen-bond donors (Lipinski definition) is 2. The van der Waals surface area contributed by atoms with Gasteiger partial charge in [-0.2, -0.15) is 0 Å². The van der Waals surface area contributed by atoms with Crippen molar-refractivity contribution in [3.8, 4) is 0 Å². The van der Waals surface area contributed by atoms with Crippen LogP contribution in [0.1, 0.15) is 12.7 Å². The van der Waals surface area contributed by atoms with Gasteiger partial charge in [-0.3, -0.25) is 0 Å². The summed E-state index contributed by atoms with van der Waals surface area (Å²) in [6, 6.07) is 5.88. The van der Waals surface area contributed by atoms with E-state index in [0.29, 0.717) is 0 Å². The van der Waals surface area contributed by atoms with Crippen molar-refractivity contribution < 1.29 is 0 Å². The summed E-state index contributed by atoms with van der Waals surface area (Å²) in [6.45, 7) is 1.88. The average molecular weight is 270 g/mol. The molecule has 0 atom stereocenters. The Hall–Kier alpha value is -0.940. The third kappa shape index (κ3) is 1.53. The summed E-state index contributed by atoms with van der Waals surface area (Å²) in [4.78, 5) is 8.44. The van der Waals surface area contributed by atoms with Crippen molar-refractivity contribution in [2.45, 2.75) is 6.92 Å². The molecule has 2 rings (SSSR count). The smallest absolute Gasteiger partial charge is 0.145 e. The normalized spacial score (nSPS) is 10.4. The maximum absolute atomic E-state index is 7.18. The fourth-order valence-electron chi connectivity index (χ4n) is 1.21. The molecule has 1 aromatic heterocycles. The number of hydrogen-bond acceptors (Lipinski definition) is 2. The van der Waals surface area contributed by atoms with Gasteiger partial charge in [-0.1, -0.05) is 6.07 Å². The molecule has 2 N–H and O–H groups in total. The molecule has 0 unspecified atom stereocenters. The summed E-state index contributed by atoms with van der Waals surface area (Å²) in [5.74, 6) is 0.770. The Balaban J connectivity index is 2.74. The molecule has 1 heterocycles. The lowest BCUT2D eigenvalue weighted by molar-refractivity contribution is 1.29. The van der Waals surface area contributed by atoms with E-state index in [1.165, 1.54) is 0 Å². The van der Waals surface area contributed by atoms with Crippen molar-refractivity contribution in [1.82, 2.24) is 9.97 Å². The second-order valence-electron chi connectivity index (χ2n) is 2.88. The van der Waals surface area contributed by atoms with E-state index in [4.69, 9.17) is 4.78 Å². The molecule has 0 spiro atoms. The van der Waals surface area contributed by atoms with E-state index in [0.717, 1.165) is 37.3 Å². The predicted molar refractivity (Wildman–Crippen MR) is 63.7 cm³/mol. The number of aromatic nitrogens is 2. The number of aromatic amines is 1. The first-order valence-corrected chi connectivity index (χ1v) is 5.65. The van der Waals surface area contributed by atoms with Crippen LogP contribution in [0.3, 0.4) is 0 Å². The summed E-state index contributed by atoms with van der Waals surface area (Å²) in [7, 11) is 0. The van der Waals surface area contributed by atoms with E-state index in [1.807, 2.05) is 25.1 Å². The van der Waals surface area contributed by atoms with Gasteiger partial charge in [0.15, 0.2) is 0 Å². The van der Waals surface area contributed by atoms with Gasteiger partial charge in [0.25, 0.3) is 0 Å². The number of imidazole rings is 1. The van der Waals surface area contributed by atoms with Crippen LogP contribution in [-0.4, -0.2) is 14.8 Å². The van der Waals surface area contributed by atoms with Gasteiger partial charge in [-0.15, -0.1) is 0 Å². The van der Waals surface area contributed by atoms with Crippen molar-refractivity contribution in [2.75, 3.05) is 0 Å². The number of nitrogens with one attached hydrogen (secondary N) is 2. The molecule has 0 radical (unpaired) electrons. The lowest BCUT2D eigenvalue weighted by Gasteiger charge is -1.88. The highest BCUT2D eigenvalue weighted by atomic mass is 79.9. The molecule has 3 nitrogen and oxygen atoms in total. The number of benzene rings is 1. The fourth-order valence-corrected chi connectivity index (χ4v) is 1.86. The van der Waals surface area contributed by atoms with Crippen LogP contribution in [0.15, 0.2) is 22.7 Å². The van der Waals surface area contributed by atoms with Gasteiger partial charge in [0.2, 0.25) is 0 Å². The summed E-state index contributed by atoms with van der Waals surface area (Å²) < 4.78 is 8.15. The third-order valence-electron chi connectivity index (χ3n) is 1.95. The topological polar surface area (TPSA) is 52.5 Å². The van der Waals surface area contributed by atoms with Gasteiger partial charge >= 0.3 is 0 Å². The van der Waals surface area contributed by atoms with E-state index in [1.54, 1.807) is 0 Å². The van der Waals surface area contributed by atoms with E-state index in [2.05, 4.69) is 25.9 Å². The van der Waals surface area contributed by atoms with Crippen LogP contribution < -0.4 is 0 Å². The maximum atomic E-state index is 7.18. The minimum Gasteiger partial charge on any atom is -0.337 e. The summed E-state index contributed by atoms with van der Waals surface area (Å²) >= 11 is 4.39. The molecule has 0 aliphatic heterocycles. The number of rotatable bonds is 1. The molecule has 14 heavy (non-hydrogen) atoms. The van der Waals surface area contributed by atoms with Gasteiger partial charge in [0.1, 0.15) is 11.3 Å². The second kappa shape index (κ2) is 3.67. The first kappa shape index (κ1) is 9.61. The fraction of sp³-hybridized carbons (Fsp3) is 0.111. The van der Waals surface area contributed by atoms with Crippen molar-refractivity contribution in [1.29, 1.82) is 4.78 Å². The van der Waals surface area contributed by atoms with Crippen LogP contribution in [0.2, 0.25) is 0 Å². The van der Waals surface area contributed by atoms with Gasteiger partial charge in [-0.05, 0) is 46.1 Å². The van der Waals surface area contributed by atoms with Gasteiger partial charge in [-0.25, -0.2) is 9.76 Å². The second-order valence-corrected chi connectivity index (χ2v) is 4.55. The molecule has 5 heteroatoms. The number of fused-ring (bicyclic) bond motifs is 1. The summed E-state index contributed by atoms with van der Waals surface area (Å²) in [5.41, 5.74) is 1.90. The van der Waals surface area contributed by atoms with Gasteiger partial charge in [0.05, 0.1) is 10.4 Å². The first-order chi connectivity index (χ1) is 6.72. The Bertz CT molecular complexity index is 540. The lowest BCUT2D eigenvalue weighted by Crippen LogP contribution is -1.95. The molecule has 0 aliphatic carbocycles. The van der Waals surface area contributed by atoms with Crippen LogP contribution in [0, 0.1) is 4.78 Å². The molecule has 0 aliphatic rings. The molecular formula is C9H8BrN3S. The van der Waals surface area contributed by atoms with E-state index < -0.39 is 0 Å². The lowest BCUT2D eigenvalue weighted by atomic mass is 10.3. The number of H-pyrrole nitrogens is 1. The van der Waals surface area contributed by atoms with E-state index in [-0.39, 0.29) is 0 Å².